The number of para-hydroxylation sites is 1. The molecule has 20 heavy (non-hydrogen) atoms. The highest BCUT2D eigenvalue weighted by atomic mass is 32.2. The van der Waals surface area contributed by atoms with E-state index in [1.165, 1.54) is 5.56 Å². The summed E-state index contributed by atoms with van der Waals surface area (Å²) in [5.74, 6) is 0. The summed E-state index contributed by atoms with van der Waals surface area (Å²) in [5.41, 5.74) is 2.84. The molecule has 0 aliphatic carbocycles. The Labute approximate surface area is 121 Å². The average Bonchev–Trinajstić information content (AvgIpc) is 2.33. The van der Waals surface area contributed by atoms with Crippen LogP contribution < -0.4 is 14.8 Å². The Morgan fingerprint density at radius 2 is 2.05 bits per heavy atom. The zero-order chi connectivity index (χ0) is 14.8. The largest absolute Gasteiger partial charge is 0.385 e. The van der Waals surface area contributed by atoms with Gasteiger partial charge in [-0.2, -0.15) is 17.9 Å². The second-order valence-corrected chi connectivity index (χ2v) is 7.66. The van der Waals surface area contributed by atoms with Crippen molar-refractivity contribution in [2.45, 2.75) is 45.7 Å². The quantitative estimate of drug-likeness (QED) is 0.793. The maximum atomic E-state index is 11.9. The van der Waals surface area contributed by atoms with Gasteiger partial charge in [-0.1, -0.05) is 18.2 Å². The van der Waals surface area contributed by atoms with Crippen LogP contribution in [0.3, 0.4) is 0 Å². The van der Waals surface area contributed by atoms with Crippen molar-refractivity contribution in [1.82, 2.24) is 9.44 Å². The molecule has 3 N–H and O–H groups in total. The smallest absolute Gasteiger partial charge is 0.277 e. The Hall–Kier alpha value is -1.11. The lowest BCUT2D eigenvalue weighted by Gasteiger charge is -2.23. The summed E-state index contributed by atoms with van der Waals surface area (Å²) in [6.45, 7) is 6.69. The molecule has 0 saturated carbocycles. The Bertz CT molecular complexity index is 577. The first-order chi connectivity index (χ1) is 9.27. The van der Waals surface area contributed by atoms with E-state index in [0.29, 0.717) is 6.54 Å². The summed E-state index contributed by atoms with van der Waals surface area (Å²) in [6, 6.07) is 6.02. The molecule has 0 fully saturated rings. The van der Waals surface area contributed by atoms with Gasteiger partial charge >= 0.3 is 0 Å². The van der Waals surface area contributed by atoms with Gasteiger partial charge < -0.3 is 5.32 Å². The van der Waals surface area contributed by atoms with Crippen molar-refractivity contribution in [2.75, 3.05) is 11.9 Å². The molecule has 0 saturated heterocycles. The number of hydrogen-bond donors (Lipinski definition) is 3. The molecule has 2 rings (SSSR count). The Morgan fingerprint density at radius 3 is 2.75 bits per heavy atom. The molecule has 1 aliphatic rings. The maximum Gasteiger partial charge on any atom is 0.277 e. The fourth-order valence-electron chi connectivity index (χ4n) is 2.34. The van der Waals surface area contributed by atoms with Gasteiger partial charge in [-0.25, -0.2) is 0 Å². The van der Waals surface area contributed by atoms with Gasteiger partial charge in [0.1, 0.15) is 0 Å². The molecule has 6 heteroatoms. The number of hydrogen-bond acceptors (Lipinski definition) is 3. The van der Waals surface area contributed by atoms with E-state index < -0.39 is 15.7 Å². The van der Waals surface area contributed by atoms with E-state index in [4.69, 9.17) is 0 Å². The molecule has 0 aromatic heterocycles. The SMILES string of the molecule is CC(C)(C)NS(=O)(=O)NCc1cccc2c1NCCC2. The zero-order valence-electron chi connectivity index (χ0n) is 12.3. The minimum absolute atomic E-state index is 0.293. The fourth-order valence-corrected chi connectivity index (χ4v) is 3.56. The van der Waals surface area contributed by atoms with Crippen molar-refractivity contribution >= 4 is 15.9 Å². The lowest BCUT2D eigenvalue weighted by molar-refractivity contribution is 0.483. The monoisotopic (exact) mass is 297 g/mol. The molecule has 1 heterocycles. The highest BCUT2D eigenvalue weighted by Gasteiger charge is 2.20. The van der Waals surface area contributed by atoms with E-state index in [0.717, 1.165) is 30.6 Å². The molecule has 5 nitrogen and oxygen atoms in total. The zero-order valence-corrected chi connectivity index (χ0v) is 13.1. The minimum atomic E-state index is -3.49. The van der Waals surface area contributed by atoms with Crippen LogP contribution in [0.5, 0.6) is 0 Å². The van der Waals surface area contributed by atoms with E-state index >= 15 is 0 Å². The van der Waals surface area contributed by atoms with Crippen LogP contribution >= 0.6 is 0 Å². The predicted octanol–water partition coefficient (Wildman–Crippen LogP) is 1.77. The number of benzene rings is 1. The molecule has 0 unspecified atom stereocenters. The van der Waals surface area contributed by atoms with E-state index in [2.05, 4.69) is 20.8 Å². The third kappa shape index (κ3) is 4.19. The summed E-state index contributed by atoms with van der Waals surface area (Å²) in [5, 5.41) is 3.36. The van der Waals surface area contributed by atoms with Gasteiger partial charge in [0.15, 0.2) is 0 Å². The van der Waals surface area contributed by atoms with Gasteiger partial charge in [0, 0.05) is 24.3 Å². The fraction of sp³-hybridized carbons (Fsp3) is 0.571. The Balaban J connectivity index is 2.08. The van der Waals surface area contributed by atoms with Crippen LogP contribution in [-0.2, 0) is 23.2 Å². The van der Waals surface area contributed by atoms with Crippen LogP contribution in [0.2, 0.25) is 0 Å². The van der Waals surface area contributed by atoms with Crippen LogP contribution in [0, 0.1) is 0 Å². The van der Waals surface area contributed by atoms with Crippen molar-refractivity contribution in [1.29, 1.82) is 0 Å². The molecule has 0 spiro atoms. The molecule has 1 aromatic rings. The second-order valence-electron chi connectivity index (χ2n) is 6.16. The van der Waals surface area contributed by atoms with Crippen LogP contribution in [0.1, 0.15) is 38.3 Å². The highest BCUT2D eigenvalue weighted by Crippen LogP contribution is 2.25. The van der Waals surface area contributed by atoms with Crippen molar-refractivity contribution < 1.29 is 8.42 Å². The van der Waals surface area contributed by atoms with Crippen molar-refractivity contribution in [3.05, 3.63) is 29.3 Å². The summed E-state index contributed by atoms with van der Waals surface area (Å²) in [4.78, 5) is 0. The summed E-state index contributed by atoms with van der Waals surface area (Å²) < 4.78 is 29.1. The van der Waals surface area contributed by atoms with E-state index in [9.17, 15) is 8.42 Å². The van der Waals surface area contributed by atoms with Crippen molar-refractivity contribution in [3.63, 3.8) is 0 Å². The number of nitrogens with one attached hydrogen (secondary N) is 3. The van der Waals surface area contributed by atoms with E-state index in [1.54, 1.807) is 0 Å². The molecular formula is C14H23N3O2S. The van der Waals surface area contributed by atoms with Gasteiger partial charge in [0.25, 0.3) is 10.2 Å². The van der Waals surface area contributed by atoms with Gasteiger partial charge in [-0.05, 0) is 44.7 Å². The predicted molar refractivity (Wildman–Crippen MR) is 81.9 cm³/mol. The highest BCUT2D eigenvalue weighted by molar-refractivity contribution is 7.87. The standard InChI is InChI=1S/C14H23N3O2S/c1-14(2,3)17-20(18,19)16-10-12-7-4-6-11-8-5-9-15-13(11)12/h4,6-7,15-17H,5,8-10H2,1-3H3. The molecule has 0 radical (unpaired) electrons. The first kappa shape index (κ1) is 15.3. The molecule has 0 atom stereocenters. The summed E-state index contributed by atoms with van der Waals surface area (Å²) >= 11 is 0. The average molecular weight is 297 g/mol. The maximum absolute atomic E-state index is 11.9. The van der Waals surface area contributed by atoms with Crippen molar-refractivity contribution in [2.24, 2.45) is 0 Å². The molecule has 0 bridgehead atoms. The minimum Gasteiger partial charge on any atom is -0.385 e. The molecule has 0 amide bonds. The van der Waals surface area contributed by atoms with Crippen molar-refractivity contribution in [3.8, 4) is 0 Å². The van der Waals surface area contributed by atoms with Crippen LogP contribution in [-0.4, -0.2) is 20.5 Å². The number of fused-ring (bicyclic) bond motifs is 1. The lowest BCUT2D eigenvalue weighted by atomic mass is 9.99. The summed E-state index contributed by atoms with van der Waals surface area (Å²) in [7, 11) is -3.49. The molecule has 112 valence electrons. The molecule has 1 aliphatic heterocycles. The number of rotatable bonds is 4. The third-order valence-corrected chi connectivity index (χ3v) is 4.46. The van der Waals surface area contributed by atoms with Crippen LogP contribution in [0.15, 0.2) is 18.2 Å². The second kappa shape index (κ2) is 5.71. The number of anilines is 1. The van der Waals surface area contributed by atoms with Gasteiger partial charge in [-0.15, -0.1) is 0 Å². The first-order valence-electron chi connectivity index (χ1n) is 6.90. The third-order valence-electron chi connectivity index (χ3n) is 3.05. The van der Waals surface area contributed by atoms with Crippen LogP contribution in [0.4, 0.5) is 5.69 Å². The molecular weight excluding hydrogens is 274 g/mol. The molecule has 1 aromatic carbocycles. The van der Waals surface area contributed by atoms with Gasteiger partial charge in [0.05, 0.1) is 0 Å². The summed E-state index contributed by atoms with van der Waals surface area (Å²) in [6.07, 6.45) is 2.16. The topological polar surface area (TPSA) is 70.2 Å². The van der Waals surface area contributed by atoms with Gasteiger partial charge in [-0.3, -0.25) is 0 Å². The normalized spacial score (nSPS) is 15.6. The van der Waals surface area contributed by atoms with Gasteiger partial charge in [0.2, 0.25) is 0 Å². The van der Waals surface area contributed by atoms with Crippen LogP contribution in [0.25, 0.3) is 0 Å². The lowest BCUT2D eigenvalue weighted by Crippen LogP contribution is -2.46. The van der Waals surface area contributed by atoms with E-state index in [-0.39, 0.29) is 0 Å². The number of aryl methyl sites for hydroxylation is 1. The Kier molecular flexibility index (Phi) is 4.36. The first-order valence-corrected chi connectivity index (χ1v) is 8.38. The Morgan fingerprint density at radius 1 is 1.30 bits per heavy atom. The van der Waals surface area contributed by atoms with E-state index in [1.807, 2.05) is 32.9 Å².